The van der Waals surface area contributed by atoms with Gasteiger partial charge in [0.15, 0.2) is 5.60 Å². The van der Waals surface area contributed by atoms with Gasteiger partial charge >= 0.3 is 5.97 Å². The third-order valence-corrected chi connectivity index (χ3v) is 6.30. The molecule has 0 aromatic heterocycles. The van der Waals surface area contributed by atoms with E-state index in [2.05, 4.69) is 31.9 Å². The minimum atomic E-state index is -1.20. The number of phenols is 2. The molecule has 0 saturated heterocycles. The summed E-state index contributed by atoms with van der Waals surface area (Å²) in [6.45, 7) is 3.58. The molecule has 0 bridgehead atoms. The second kappa shape index (κ2) is 6.64. The van der Waals surface area contributed by atoms with Crippen molar-refractivity contribution in [3.05, 3.63) is 90.9 Å². The van der Waals surface area contributed by atoms with Crippen molar-refractivity contribution in [1.29, 1.82) is 0 Å². The highest BCUT2D eigenvalue weighted by Gasteiger charge is 2.49. The van der Waals surface area contributed by atoms with Crippen molar-refractivity contribution in [3.63, 3.8) is 0 Å². The maximum absolute atomic E-state index is 12.8. The minimum absolute atomic E-state index is 0.138. The number of hydrogen-bond donors (Lipinski definition) is 2. The Balaban J connectivity index is 2.12. The Bertz CT molecular complexity index is 1030. The molecule has 2 N–H and O–H groups in total. The number of aromatic hydroxyl groups is 2. The molecule has 3 aromatic rings. The molecule has 142 valence electrons. The van der Waals surface area contributed by atoms with Gasteiger partial charge < -0.3 is 14.9 Å². The van der Waals surface area contributed by atoms with Crippen molar-refractivity contribution in [2.45, 2.75) is 19.4 Å². The molecule has 0 aliphatic carbocycles. The quantitative estimate of drug-likeness (QED) is 0.440. The lowest BCUT2D eigenvalue weighted by Gasteiger charge is -2.31. The van der Waals surface area contributed by atoms with Gasteiger partial charge in [0.25, 0.3) is 0 Å². The Morgan fingerprint density at radius 1 is 0.857 bits per heavy atom. The second-order valence-electron chi connectivity index (χ2n) is 6.86. The molecule has 0 atom stereocenters. The lowest BCUT2D eigenvalue weighted by molar-refractivity contribution is 0.0250. The highest BCUT2D eigenvalue weighted by Crippen LogP contribution is 2.50. The number of aryl methyl sites for hydroxylation is 2. The lowest BCUT2D eigenvalue weighted by atomic mass is 9.79. The molecule has 4 rings (SSSR count). The number of fused-ring (bicyclic) bond motifs is 1. The first-order valence-corrected chi connectivity index (χ1v) is 10.2. The molecule has 1 heterocycles. The predicted molar refractivity (Wildman–Crippen MR) is 113 cm³/mol. The molecule has 0 unspecified atom stereocenters. The molecule has 0 spiro atoms. The number of phenolic OH excluding ortho intramolecular Hbond substituents is 2. The SMILES string of the molecule is Cc1cc(C2(c3cc(C)c(O)c(Br)c3)OC(=O)c3ccccc32)cc(Br)c1O. The third kappa shape index (κ3) is 2.66. The number of ether oxygens (including phenoxy) is 1. The molecule has 1 aliphatic heterocycles. The summed E-state index contributed by atoms with van der Waals surface area (Å²) >= 11 is 6.79. The third-order valence-electron chi connectivity index (χ3n) is 5.09. The molecule has 0 saturated carbocycles. The average molecular weight is 504 g/mol. The lowest BCUT2D eigenvalue weighted by Crippen LogP contribution is -2.30. The monoisotopic (exact) mass is 502 g/mol. The van der Waals surface area contributed by atoms with Gasteiger partial charge in [-0.05, 0) is 87.2 Å². The Labute approximate surface area is 179 Å². The van der Waals surface area contributed by atoms with Gasteiger partial charge in [0.2, 0.25) is 0 Å². The van der Waals surface area contributed by atoms with Gasteiger partial charge in [-0.25, -0.2) is 4.79 Å². The largest absolute Gasteiger partial charge is 0.506 e. The van der Waals surface area contributed by atoms with Gasteiger partial charge in [-0.15, -0.1) is 0 Å². The van der Waals surface area contributed by atoms with E-state index < -0.39 is 11.6 Å². The van der Waals surface area contributed by atoms with Gasteiger partial charge in [0, 0.05) is 16.7 Å². The number of benzene rings is 3. The molecule has 1 aliphatic rings. The maximum Gasteiger partial charge on any atom is 0.340 e. The average Bonchev–Trinajstić information content (AvgIpc) is 2.97. The summed E-state index contributed by atoms with van der Waals surface area (Å²) in [6, 6.07) is 14.4. The second-order valence-corrected chi connectivity index (χ2v) is 8.57. The number of esters is 1. The zero-order valence-corrected chi connectivity index (χ0v) is 18.3. The van der Waals surface area contributed by atoms with E-state index in [0.29, 0.717) is 42.3 Å². The van der Waals surface area contributed by atoms with E-state index in [4.69, 9.17) is 4.74 Å². The fourth-order valence-electron chi connectivity index (χ4n) is 3.69. The van der Waals surface area contributed by atoms with Crippen LogP contribution in [0.25, 0.3) is 0 Å². The van der Waals surface area contributed by atoms with E-state index in [1.54, 1.807) is 38.1 Å². The summed E-state index contributed by atoms with van der Waals surface area (Å²) < 4.78 is 7.07. The molecule has 0 amide bonds. The zero-order chi connectivity index (χ0) is 20.2. The van der Waals surface area contributed by atoms with Gasteiger partial charge in [-0.3, -0.25) is 0 Å². The van der Waals surface area contributed by atoms with Crippen molar-refractivity contribution < 1.29 is 19.7 Å². The predicted octanol–water partition coefficient (Wildman–Crippen LogP) is 5.70. The highest BCUT2D eigenvalue weighted by atomic mass is 79.9. The van der Waals surface area contributed by atoms with E-state index in [1.807, 2.05) is 24.3 Å². The fraction of sp³-hybridized carbons (Fsp3) is 0.136. The van der Waals surface area contributed by atoms with Crippen molar-refractivity contribution >= 4 is 37.8 Å². The molecule has 3 aromatic carbocycles. The molecular formula is C22H16Br2O4. The maximum atomic E-state index is 12.8. The molecule has 0 radical (unpaired) electrons. The van der Waals surface area contributed by atoms with E-state index in [9.17, 15) is 15.0 Å². The van der Waals surface area contributed by atoms with E-state index >= 15 is 0 Å². The van der Waals surface area contributed by atoms with Crippen LogP contribution in [0.3, 0.4) is 0 Å². The van der Waals surface area contributed by atoms with Crippen molar-refractivity contribution in [2.75, 3.05) is 0 Å². The number of carbonyl (C=O) groups excluding carboxylic acids is 1. The summed E-state index contributed by atoms with van der Waals surface area (Å²) in [5.41, 5.74) is 2.71. The molecule has 0 fully saturated rings. The van der Waals surface area contributed by atoms with Crippen LogP contribution in [0, 0.1) is 13.8 Å². The summed E-state index contributed by atoms with van der Waals surface area (Å²) in [5, 5.41) is 20.4. The number of halogens is 2. The van der Waals surface area contributed by atoms with Crippen LogP contribution in [0.4, 0.5) is 0 Å². The van der Waals surface area contributed by atoms with Crippen molar-refractivity contribution in [2.24, 2.45) is 0 Å². The first-order chi connectivity index (χ1) is 13.3. The van der Waals surface area contributed by atoms with Crippen LogP contribution in [-0.2, 0) is 10.3 Å². The standard InChI is InChI=1S/C22H16Br2O4/c1-11-7-13(9-17(23)19(11)25)22(14-8-12(2)20(26)18(24)10-14)16-6-4-3-5-15(16)21(27)28-22/h3-10,25-26H,1-2H3. The van der Waals surface area contributed by atoms with E-state index in [0.717, 1.165) is 0 Å². The Morgan fingerprint density at radius 2 is 1.36 bits per heavy atom. The van der Waals surface area contributed by atoms with Gasteiger partial charge in [0.1, 0.15) is 11.5 Å². The topological polar surface area (TPSA) is 66.8 Å². The van der Waals surface area contributed by atoms with Crippen molar-refractivity contribution in [3.8, 4) is 11.5 Å². The van der Waals surface area contributed by atoms with Crippen molar-refractivity contribution in [1.82, 2.24) is 0 Å². The van der Waals surface area contributed by atoms with E-state index in [1.165, 1.54) is 0 Å². The van der Waals surface area contributed by atoms with Gasteiger partial charge in [-0.2, -0.15) is 0 Å². The summed E-state index contributed by atoms with van der Waals surface area (Å²) in [6.07, 6.45) is 0. The van der Waals surface area contributed by atoms with Crippen LogP contribution in [0.15, 0.2) is 57.5 Å². The normalized spacial score (nSPS) is 14.6. The number of rotatable bonds is 2. The van der Waals surface area contributed by atoms with Crippen LogP contribution in [0.1, 0.15) is 38.2 Å². The Hall–Kier alpha value is -2.31. The fourth-order valence-corrected chi connectivity index (χ4v) is 4.81. The first-order valence-electron chi connectivity index (χ1n) is 8.57. The smallest absolute Gasteiger partial charge is 0.340 e. The van der Waals surface area contributed by atoms with Crippen LogP contribution in [-0.4, -0.2) is 16.2 Å². The molecular weight excluding hydrogens is 488 g/mol. The van der Waals surface area contributed by atoms with Gasteiger partial charge in [0.05, 0.1) is 14.5 Å². The van der Waals surface area contributed by atoms with Gasteiger partial charge in [-0.1, -0.05) is 18.2 Å². The van der Waals surface area contributed by atoms with Crippen LogP contribution in [0.2, 0.25) is 0 Å². The number of cyclic esters (lactones) is 1. The summed E-state index contributed by atoms with van der Waals surface area (Å²) in [5.74, 6) is -0.140. The van der Waals surface area contributed by atoms with E-state index in [-0.39, 0.29) is 11.5 Å². The Kier molecular flexibility index (Phi) is 4.51. The van der Waals surface area contributed by atoms with Crippen LogP contribution >= 0.6 is 31.9 Å². The Morgan fingerprint density at radius 3 is 1.86 bits per heavy atom. The number of hydrogen-bond acceptors (Lipinski definition) is 4. The highest BCUT2D eigenvalue weighted by molar-refractivity contribution is 9.10. The molecule has 6 heteroatoms. The van der Waals surface area contributed by atoms with Crippen LogP contribution < -0.4 is 0 Å². The zero-order valence-electron chi connectivity index (χ0n) is 15.1. The molecule has 28 heavy (non-hydrogen) atoms. The number of carbonyl (C=O) groups is 1. The minimum Gasteiger partial charge on any atom is -0.506 e. The first kappa shape index (κ1) is 19.0. The van der Waals surface area contributed by atoms with Crippen LogP contribution in [0.5, 0.6) is 11.5 Å². The summed E-state index contributed by atoms with van der Waals surface area (Å²) in [7, 11) is 0. The summed E-state index contributed by atoms with van der Waals surface area (Å²) in [4.78, 5) is 12.8. The molecule has 4 nitrogen and oxygen atoms in total.